The van der Waals surface area contributed by atoms with Gasteiger partial charge in [-0.1, -0.05) is 42.5 Å². The van der Waals surface area contributed by atoms with Crippen molar-refractivity contribution in [3.63, 3.8) is 0 Å². The Bertz CT molecular complexity index is 1170. The van der Waals surface area contributed by atoms with E-state index in [1.165, 1.54) is 0 Å². The van der Waals surface area contributed by atoms with E-state index in [2.05, 4.69) is 4.98 Å². The van der Waals surface area contributed by atoms with E-state index >= 15 is 0 Å². The van der Waals surface area contributed by atoms with Gasteiger partial charge in [0.25, 0.3) is 5.91 Å². The number of nitrogens with zero attached hydrogens (tertiary/aromatic N) is 2. The molecule has 0 saturated carbocycles. The molecule has 4 aromatic rings. The van der Waals surface area contributed by atoms with E-state index in [1.54, 1.807) is 29.4 Å². The highest BCUT2D eigenvalue weighted by Crippen LogP contribution is 2.29. The van der Waals surface area contributed by atoms with Gasteiger partial charge in [0.2, 0.25) is 0 Å². The molecular formula is C23H20N2O3S. The zero-order valence-electron chi connectivity index (χ0n) is 16.2. The number of fused-ring (bicyclic) bond motifs is 2. The predicted octanol–water partition coefficient (Wildman–Crippen LogP) is 4.86. The van der Waals surface area contributed by atoms with Crippen LogP contribution in [0.25, 0.3) is 21.0 Å². The lowest BCUT2D eigenvalue weighted by Crippen LogP contribution is -2.33. The largest absolute Gasteiger partial charge is 0.483 e. The van der Waals surface area contributed by atoms with Gasteiger partial charge in [-0.25, -0.2) is 4.98 Å². The molecular weight excluding hydrogens is 384 g/mol. The Morgan fingerprint density at radius 3 is 2.69 bits per heavy atom. The number of ether oxygens (including phenoxy) is 1. The number of hydrogen-bond donors (Lipinski definition) is 0. The summed E-state index contributed by atoms with van der Waals surface area (Å²) in [7, 11) is 1.74. The Balaban J connectivity index is 1.49. The van der Waals surface area contributed by atoms with Crippen LogP contribution in [0.4, 0.5) is 0 Å². The molecule has 1 atom stereocenters. The van der Waals surface area contributed by atoms with Gasteiger partial charge in [0.15, 0.2) is 12.9 Å². The van der Waals surface area contributed by atoms with Crippen molar-refractivity contribution >= 4 is 44.5 Å². The molecule has 0 aliphatic carbocycles. The van der Waals surface area contributed by atoms with Crippen LogP contribution in [-0.4, -0.2) is 35.7 Å². The van der Waals surface area contributed by atoms with E-state index in [9.17, 15) is 9.59 Å². The monoisotopic (exact) mass is 404 g/mol. The van der Waals surface area contributed by atoms with Crippen molar-refractivity contribution in [1.82, 2.24) is 9.88 Å². The number of hydrogen-bond acceptors (Lipinski definition) is 5. The predicted molar refractivity (Wildman–Crippen MR) is 116 cm³/mol. The van der Waals surface area contributed by atoms with Crippen molar-refractivity contribution in [2.24, 2.45) is 0 Å². The lowest BCUT2D eigenvalue weighted by atomic mass is 10.0. The van der Waals surface area contributed by atoms with Crippen LogP contribution in [0.3, 0.4) is 0 Å². The number of benzene rings is 3. The third-order valence-electron chi connectivity index (χ3n) is 5.04. The third-order valence-corrected chi connectivity index (χ3v) is 6.25. The first kappa shape index (κ1) is 19.1. The molecule has 0 radical (unpaired) electrons. The summed E-state index contributed by atoms with van der Waals surface area (Å²) >= 11 is 1.58. The molecule has 1 aromatic heterocycles. The summed E-state index contributed by atoms with van der Waals surface area (Å²) in [5, 5.41) is 2.64. The second-order valence-electron chi connectivity index (χ2n) is 6.81. The van der Waals surface area contributed by atoms with Gasteiger partial charge in [-0.15, -0.1) is 11.3 Å². The van der Waals surface area contributed by atoms with Crippen LogP contribution in [0.5, 0.6) is 5.75 Å². The average molecular weight is 404 g/mol. The van der Waals surface area contributed by atoms with Crippen molar-refractivity contribution in [1.29, 1.82) is 0 Å². The summed E-state index contributed by atoms with van der Waals surface area (Å²) < 4.78 is 6.82. The fourth-order valence-corrected chi connectivity index (χ4v) is 4.28. The number of rotatable bonds is 6. The smallest absolute Gasteiger partial charge is 0.260 e. The van der Waals surface area contributed by atoms with E-state index in [0.717, 1.165) is 32.3 Å². The highest BCUT2D eigenvalue weighted by Gasteiger charge is 2.21. The molecule has 4 rings (SSSR count). The number of carbonyl (C=O) groups is 2. The molecule has 0 unspecified atom stereocenters. The van der Waals surface area contributed by atoms with Gasteiger partial charge in [0.05, 0.1) is 21.8 Å². The number of aldehydes is 1. The van der Waals surface area contributed by atoms with Crippen molar-refractivity contribution in [3.05, 3.63) is 71.2 Å². The minimum atomic E-state index is -0.179. The Morgan fingerprint density at radius 1 is 1.14 bits per heavy atom. The van der Waals surface area contributed by atoms with E-state index < -0.39 is 0 Å². The molecule has 6 heteroatoms. The summed E-state index contributed by atoms with van der Waals surface area (Å²) in [6, 6.07) is 19.0. The fourth-order valence-electron chi connectivity index (χ4n) is 3.21. The second-order valence-corrected chi connectivity index (χ2v) is 7.87. The molecule has 0 aliphatic heterocycles. The number of para-hydroxylation sites is 1. The highest BCUT2D eigenvalue weighted by atomic mass is 32.1. The van der Waals surface area contributed by atoms with Gasteiger partial charge in [0.1, 0.15) is 10.8 Å². The number of thiazole rings is 1. The van der Waals surface area contributed by atoms with Crippen LogP contribution in [0.15, 0.2) is 60.7 Å². The lowest BCUT2D eigenvalue weighted by Gasteiger charge is -2.23. The van der Waals surface area contributed by atoms with Crippen LogP contribution in [0.2, 0.25) is 0 Å². The van der Waals surface area contributed by atoms with Gasteiger partial charge >= 0.3 is 0 Å². The summed E-state index contributed by atoms with van der Waals surface area (Å²) in [4.78, 5) is 30.6. The molecule has 1 heterocycles. The Morgan fingerprint density at radius 2 is 1.90 bits per heavy atom. The van der Waals surface area contributed by atoms with Crippen molar-refractivity contribution in [2.45, 2.75) is 13.0 Å². The molecule has 5 nitrogen and oxygen atoms in total. The lowest BCUT2D eigenvalue weighted by molar-refractivity contribution is -0.134. The molecule has 3 aromatic carbocycles. The van der Waals surface area contributed by atoms with Crippen LogP contribution >= 0.6 is 11.3 Å². The topological polar surface area (TPSA) is 59.5 Å². The normalized spacial score (nSPS) is 12.1. The summed E-state index contributed by atoms with van der Waals surface area (Å²) in [5.74, 6) is 0.231. The van der Waals surface area contributed by atoms with Crippen LogP contribution in [0.1, 0.15) is 28.3 Å². The molecule has 29 heavy (non-hydrogen) atoms. The fraction of sp³-hybridized carbons (Fsp3) is 0.174. The molecule has 146 valence electrons. The van der Waals surface area contributed by atoms with Crippen molar-refractivity contribution in [2.75, 3.05) is 13.7 Å². The van der Waals surface area contributed by atoms with Crippen LogP contribution in [0, 0.1) is 0 Å². The first-order valence-corrected chi connectivity index (χ1v) is 10.1. The Kier molecular flexibility index (Phi) is 5.27. The number of carbonyl (C=O) groups excluding carboxylic acids is 2. The van der Waals surface area contributed by atoms with Gasteiger partial charge in [-0.05, 0) is 35.9 Å². The third kappa shape index (κ3) is 3.71. The maximum atomic E-state index is 12.7. The summed E-state index contributed by atoms with van der Waals surface area (Å²) in [6.45, 7) is 1.80. The van der Waals surface area contributed by atoms with Crippen molar-refractivity contribution < 1.29 is 14.3 Å². The Hall–Kier alpha value is -3.25. The number of aromatic nitrogens is 1. The average Bonchev–Trinajstić information content (AvgIpc) is 3.20. The van der Waals surface area contributed by atoms with E-state index in [-0.39, 0.29) is 18.6 Å². The Labute approximate surface area is 172 Å². The maximum Gasteiger partial charge on any atom is 0.260 e. The molecule has 0 bridgehead atoms. The van der Waals surface area contributed by atoms with E-state index in [1.807, 2.05) is 61.5 Å². The molecule has 0 fully saturated rings. The van der Waals surface area contributed by atoms with Crippen LogP contribution in [-0.2, 0) is 4.79 Å². The molecule has 0 aliphatic rings. The summed E-state index contributed by atoms with van der Waals surface area (Å²) in [5.41, 5.74) is 1.39. The van der Waals surface area contributed by atoms with Gasteiger partial charge in [-0.2, -0.15) is 0 Å². The maximum absolute atomic E-state index is 12.7. The minimum Gasteiger partial charge on any atom is -0.483 e. The molecule has 0 saturated heterocycles. The van der Waals surface area contributed by atoms with Gasteiger partial charge < -0.3 is 9.64 Å². The van der Waals surface area contributed by atoms with Gasteiger partial charge in [0, 0.05) is 7.05 Å². The SMILES string of the molecule is C[C@H](c1nc2ccccc2s1)N(C)C(=O)COc1ccc2ccccc2c1C=O. The van der Waals surface area contributed by atoms with Gasteiger partial charge in [-0.3, -0.25) is 9.59 Å². The molecule has 0 N–H and O–H groups in total. The first-order chi connectivity index (χ1) is 14.1. The zero-order chi connectivity index (χ0) is 20.4. The zero-order valence-corrected chi connectivity index (χ0v) is 17.0. The standard InChI is InChI=1S/C23H20N2O3S/c1-15(23-24-19-9-5-6-10-21(19)29-23)25(2)22(27)14-28-20-12-11-16-7-3-4-8-17(16)18(20)13-26/h3-13,15H,14H2,1-2H3/t15-/m1/s1. The number of likely N-dealkylation sites (N-methyl/N-ethyl adjacent to an activating group) is 1. The van der Waals surface area contributed by atoms with E-state index in [4.69, 9.17) is 4.74 Å². The molecule has 0 spiro atoms. The number of amides is 1. The van der Waals surface area contributed by atoms with Crippen molar-refractivity contribution in [3.8, 4) is 5.75 Å². The van der Waals surface area contributed by atoms with Crippen LogP contribution < -0.4 is 4.74 Å². The second kappa shape index (κ2) is 8.01. The van der Waals surface area contributed by atoms with E-state index in [0.29, 0.717) is 11.3 Å². The quantitative estimate of drug-likeness (QED) is 0.431. The molecule has 1 amide bonds. The highest BCUT2D eigenvalue weighted by molar-refractivity contribution is 7.18. The summed E-state index contributed by atoms with van der Waals surface area (Å²) in [6.07, 6.45) is 0.773. The first-order valence-electron chi connectivity index (χ1n) is 9.29. The minimum absolute atomic E-state index is 0.148.